The molecule has 1 aromatic rings. The van der Waals surface area contributed by atoms with Crippen molar-refractivity contribution in [1.82, 2.24) is 19.6 Å². The molecule has 6 heteroatoms. The van der Waals surface area contributed by atoms with E-state index in [1.807, 2.05) is 6.92 Å². The number of piperidine rings is 1. The first-order valence-electron chi connectivity index (χ1n) is 8.26. The quantitative estimate of drug-likeness (QED) is 0.929. The highest BCUT2D eigenvalue weighted by Crippen LogP contribution is 2.26. The smallest absolute Gasteiger partial charge is 0.407 e. The number of nitrogens with zero attached hydrogens (tertiary/aromatic N) is 4. The number of rotatable bonds is 3. The highest BCUT2D eigenvalue weighted by molar-refractivity contribution is 5.64. The van der Waals surface area contributed by atoms with E-state index in [0.29, 0.717) is 25.0 Å². The molecule has 1 N–H and O–H groups in total. The first-order chi connectivity index (χ1) is 10.5. The van der Waals surface area contributed by atoms with Crippen LogP contribution in [0.1, 0.15) is 36.7 Å². The summed E-state index contributed by atoms with van der Waals surface area (Å²) in [6.07, 6.45) is 2.38. The third-order valence-corrected chi connectivity index (χ3v) is 5.04. The Balaban J connectivity index is 1.50. The van der Waals surface area contributed by atoms with Crippen LogP contribution in [0.5, 0.6) is 0 Å². The van der Waals surface area contributed by atoms with Crippen LogP contribution in [0, 0.1) is 19.8 Å². The second-order valence-electron chi connectivity index (χ2n) is 6.79. The van der Waals surface area contributed by atoms with Gasteiger partial charge in [-0.15, -0.1) is 0 Å². The van der Waals surface area contributed by atoms with Gasteiger partial charge in [0.15, 0.2) is 0 Å². The second-order valence-corrected chi connectivity index (χ2v) is 6.79. The van der Waals surface area contributed by atoms with Gasteiger partial charge in [0.25, 0.3) is 0 Å². The molecule has 3 rings (SSSR count). The summed E-state index contributed by atoms with van der Waals surface area (Å²) < 4.78 is 2.18. The van der Waals surface area contributed by atoms with E-state index in [-0.39, 0.29) is 0 Å². The van der Waals surface area contributed by atoms with Gasteiger partial charge in [0.1, 0.15) is 0 Å². The Bertz CT molecular complexity index is 534. The van der Waals surface area contributed by atoms with Crippen LogP contribution in [0.15, 0.2) is 6.07 Å². The van der Waals surface area contributed by atoms with E-state index in [4.69, 9.17) is 5.11 Å². The zero-order valence-electron chi connectivity index (χ0n) is 13.5. The Labute approximate surface area is 131 Å². The molecule has 2 aliphatic rings. The maximum atomic E-state index is 10.9. The van der Waals surface area contributed by atoms with Crippen molar-refractivity contribution in [2.75, 3.05) is 32.7 Å². The summed E-state index contributed by atoms with van der Waals surface area (Å²) in [5.41, 5.74) is 2.34. The molecule has 2 aliphatic heterocycles. The Kier molecular flexibility index (Phi) is 4.38. The van der Waals surface area contributed by atoms with Crippen molar-refractivity contribution in [3.05, 3.63) is 17.5 Å². The summed E-state index contributed by atoms with van der Waals surface area (Å²) in [5, 5.41) is 13.6. The van der Waals surface area contributed by atoms with Gasteiger partial charge in [-0.05, 0) is 45.1 Å². The monoisotopic (exact) mass is 306 g/mol. The zero-order valence-corrected chi connectivity index (χ0v) is 13.5. The summed E-state index contributed by atoms with van der Waals surface area (Å²) in [6, 6.07) is 2.64. The predicted octanol–water partition coefficient (Wildman–Crippen LogP) is 2.14. The highest BCUT2D eigenvalue weighted by Gasteiger charge is 2.29. The lowest BCUT2D eigenvalue weighted by Gasteiger charge is -2.32. The van der Waals surface area contributed by atoms with Crippen molar-refractivity contribution in [2.24, 2.45) is 5.92 Å². The molecule has 0 saturated carbocycles. The van der Waals surface area contributed by atoms with Crippen LogP contribution in [0.2, 0.25) is 0 Å². The van der Waals surface area contributed by atoms with Crippen molar-refractivity contribution in [1.29, 1.82) is 0 Å². The molecule has 1 amide bonds. The molecule has 1 unspecified atom stereocenters. The van der Waals surface area contributed by atoms with Gasteiger partial charge in [-0.3, -0.25) is 4.68 Å². The minimum atomic E-state index is -0.774. The van der Waals surface area contributed by atoms with Gasteiger partial charge >= 0.3 is 6.09 Å². The molecule has 0 bridgehead atoms. The molecule has 122 valence electrons. The third-order valence-electron chi connectivity index (χ3n) is 5.04. The summed E-state index contributed by atoms with van der Waals surface area (Å²) in [7, 11) is 0. The number of carbonyl (C=O) groups is 1. The molecule has 6 nitrogen and oxygen atoms in total. The molecule has 3 heterocycles. The molecule has 0 spiro atoms. The Morgan fingerprint density at radius 1 is 1.27 bits per heavy atom. The number of hydrogen-bond donors (Lipinski definition) is 1. The largest absolute Gasteiger partial charge is 0.465 e. The van der Waals surface area contributed by atoms with Crippen molar-refractivity contribution in [2.45, 2.75) is 39.2 Å². The zero-order chi connectivity index (χ0) is 15.7. The lowest BCUT2D eigenvalue weighted by Crippen LogP contribution is -2.40. The first-order valence-corrected chi connectivity index (χ1v) is 8.26. The third kappa shape index (κ3) is 3.27. The van der Waals surface area contributed by atoms with Crippen LogP contribution in [-0.4, -0.2) is 63.5 Å². The Hall–Kier alpha value is -1.56. The van der Waals surface area contributed by atoms with Crippen molar-refractivity contribution in [3.8, 4) is 0 Å². The van der Waals surface area contributed by atoms with E-state index >= 15 is 0 Å². The van der Waals surface area contributed by atoms with Gasteiger partial charge < -0.3 is 14.9 Å². The first kappa shape index (κ1) is 15.3. The fraction of sp³-hybridized carbons (Fsp3) is 0.750. The molecule has 1 aromatic heterocycles. The van der Waals surface area contributed by atoms with E-state index in [1.54, 1.807) is 4.90 Å². The minimum Gasteiger partial charge on any atom is -0.465 e. The van der Waals surface area contributed by atoms with E-state index in [9.17, 15) is 4.79 Å². The van der Waals surface area contributed by atoms with Crippen LogP contribution in [-0.2, 0) is 0 Å². The fourth-order valence-corrected chi connectivity index (χ4v) is 3.87. The number of amides is 1. The summed E-state index contributed by atoms with van der Waals surface area (Å²) in [5.74, 6) is 0.634. The minimum absolute atomic E-state index is 0.493. The molecular formula is C16H26N4O2. The standard InChI is InChI=1S/C16H26N4O2/c1-12-9-13(2)20(17-12)15-5-6-18(11-15)10-14-3-7-19(8-4-14)16(21)22/h9,14-15H,3-8,10-11H2,1-2H3,(H,21,22). The van der Waals surface area contributed by atoms with Crippen molar-refractivity contribution >= 4 is 6.09 Å². The maximum Gasteiger partial charge on any atom is 0.407 e. The van der Waals surface area contributed by atoms with Gasteiger partial charge in [-0.2, -0.15) is 5.10 Å². The van der Waals surface area contributed by atoms with Gasteiger partial charge in [0.05, 0.1) is 11.7 Å². The maximum absolute atomic E-state index is 10.9. The van der Waals surface area contributed by atoms with Crippen molar-refractivity contribution < 1.29 is 9.90 Å². The van der Waals surface area contributed by atoms with E-state index in [1.165, 1.54) is 5.69 Å². The second kappa shape index (κ2) is 6.28. The predicted molar refractivity (Wildman–Crippen MR) is 84.1 cm³/mol. The van der Waals surface area contributed by atoms with E-state index in [2.05, 4.69) is 27.7 Å². The van der Waals surface area contributed by atoms with Crippen LogP contribution in [0.3, 0.4) is 0 Å². The molecule has 0 radical (unpaired) electrons. The summed E-state index contributed by atoms with van der Waals surface area (Å²) >= 11 is 0. The molecule has 2 fully saturated rings. The van der Waals surface area contributed by atoms with Crippen LogP contribution < -0.4 is 0 Å². The lowest BCUT2D eigenvalue weighted by atomic mass is 9.96. The average molecular weight is 306 g/mol. The van der Waals surface area contributed by atoms with Gasteiger partial charge in [0.2, 0.25) is 0 Å². The van der Waals surface area contributed by atoms with Gasteiger partial charge in [-0.25, -0.2) is 4.79 Å². The average Bonchev–Trinajstić information content (AvgIpc) is 3.06. The number of likely N-dealkylation sites (tertiary alicyclic amines) is 2. The fourth-order valence-electron chi connectivity index (χ4n) is 3.87. The van der Waals surface area contributed by atoms with Gasteiger partial charge in [0, 0.05) is 38.4 Å². The number of carboxylic acid groups (broad SMARTS) is 1. The van der Waals surface area contributed by atoms with Crippen molar-refractivity contribution in [3.63, 3.8) is 0 Å². The van der Waals surface area contributed by atoms with E-state index < -0.39 is 6.09 Å². The topological polar surface area (TPSA) is 61.6 Å². The number of aryl methyl sites for hydroxylation is 2. The SMILES string of the molecule is Cc1cc(C)n(C2CCN(CC3CCN(C(=O)O)CC3)C2)n1. The Morgan fingerprint density at radius 2 is 2.00 bits per heavy atom. The highest BCUT2D eigenvalue weighted by atomic mass is 16.4. The molecule has 1 atom stereocenters. The molecule has 0 aliphatic carbocycles. The van der Waals surface area contributed by atoms with Gasteiger partial charge in [-0.1, -0.05) is 0 Å². The normalized spacial score (nSPS) is 24.1. The van der Waals surface area contributed by atoms with Crippen LogP contribution in [0.4, 0.5) is 4.79 Å². The van der Waals surface area contributed by atoms with E-state index in [0.717, 1.165) is 44.6 Å². The summed E-state index contributed by atoms with van der Waals surface area (Å²) in [6.45, 7) is 8.85. The molecule has 0 aromatic carbocycles. The van der Waals surface area contributed by atoms with Crippen LogP contribution in [0.25, 0.3) is 0 Å². The lowest BCUT2D eigenvalue weighted by molar-refractivity contribution is 0.116. The summed E-state index contributed by atoms with van der Waals surface area (Å²) in [4.78, 5) is 15.0. The Morgan fingerprint density at radius 3 is 2.59 bits per heavy atom. The molecular weight excluding hydrogens is 280 g/mol. The number of aromatic nitrogens is 2. The molecule has 2 saturated heterocycles. The van der Waals surface area contributed by atoms with Crippen LogP contribution >= 0.6 is 0 Å². The number of hydrogen-bond acceptors (Lipinski definition) is 3. The molecule has 22 heavy (non-hydrogen) atoms.